The van der Waals surface area contributed by atoms with Crippen molar-refractivity contribution in [1.29, 1.82) is 0 Å². The van der Waals surface area contributed by atoms with E-state index in [0.29, 0.717) is 5.92 Å². The van der Waals surface area contributed by atoms with Gasteiger partial charge in [-0.2, -0.15) is 0 Å². The molecule has 32 heavy (non-hydrogen) atoms. The number of hydrogen-bond acceptors (Lipinski definition) is 3. The molecule has 2 heterocycles. The summed E-state index contributed by atoms with van der Waals surface area (Å²) in [6.45, 7) is 6.49. The molecule has 3 nitrogen and oxygen atoms in total. The summed E-state index contributed by atoms with van der Waals surface area (Å²) in [4.78, 5) is 14.3. The van der Waals surface area contributed by atoms with E-state index >= 15 is 0 Å². The summed E-state index contributed by atoms with van der Waals surface area (Å²) >= 11 is 0. The average Bonchev–Trinajstić information content (AvgIpc) is 3.45. The fourth-order valence-corrected chi connectivity index (χ4v) is 4.66. The fourth-order valence-electron chi connectivity index (χ4n) is 4.66. The maximum Gasteiger partial charge on any atom is 0.135 e. The Morgan fingerprint density at radius 2 is 2.00 bits per heavy atom. The third kappa shape index (κ3) is 3.95. The Hall–Kier alpha value is -3.33. The van der Waals surface area contributed by atoms with Gasteiger partial charge in [-0.3, -0.25) is 4.98 Å². The first-order valence-corrected chi connectivity index (χ1v) is 11.6. The summed E-state index contributed by atoms with van der Waals surface area (Å²) in [5.74, 6) is 1.47. The first-order chi connectivity index (χ1) is 15.7. The van der Waals surface area contributed by atoms with Gasteiger partial charge in [-0.25, -0.2) is 9.97 Å². The SMILES string of the molecule is CCC(/C=C/C1=CC=C(c2nc(C)c3c(C)c2-3)C=CC1)c1nccc(C2C=CC=CC2)n1. The molecule has 0 saturated heterocycles. The van der Waals surface area contributed by atoms with Crippen molar-refractivity contribution in [1.82, 2.24) is 15.0 Å². The fraction of sp³-hybridized carbons (Fsp3) is 0.276. The van der Waals surface area contributed by atoms with Crippen LogP contribution in [0.15, 0.2) is 78.6 Å². The molecule has 5 rings (SSSR count). The zero-order valence-electron chi connectivity index (χ0n) is 19.0. The molecule has 1 aromatic heterocycles. The van der Waals surface area contributed by atoms with Crippen molar-refractivity contribution in [3.05, 3.63) is 107 Å². The van der Waals surface area contributed by atoms with Crippen LogP contribution in [-0.2, 0) is 0 Å². The molecular weight excluding hydrogens is 390 g/mol. The van der Waals surface area contributed by atoms with E-state index in [4.69, 9.17) is 9.97 Å². The summed E-state index contributed by atoms with van der Waals surface area (Å²) in [5, 5.41) is 0. The van der Waals surface area contributed by atoms with Crippen LogP contribution in [0.1, 0.15) is 66.5 Å². The Morgan fingerprint density at radius 3 is 2.75 bits per heavy atom. The quantitative estimate of drug-likeness (QED) is 0.428. The lowest BCUT2D eigenvalue weighted by molar-refractivity contribution is 0.709. The van der Waals surface area contributed by atoms with E-state index in [1.54, 1.807) is 0 Å². The summed E-state index contributed by atoms with van der Waals surface area (Å²) in [5.41, 5.74) is 10.0. The van der Waals surface area contributed by atoms with Gasteiger partial charge in [-0.1, -0.05) is 67.7 Å². The molecule has 0 amide bonds. The molecule has 1 aliphatic heterocycles. The van der Waals surface area contributed by atoms with Gasteiger partial charge >= 0.3 is 0 Å². The molecule has 3 heteroatoms. The van der Waals surface area contributed by atoms with Crippen molar-refractivity contribution in [2.75, 3.05) is 0 Å². The largest absolute Gasteiger partial charge is 0.252 e. The number of rotatable bonds is 6. The molecule has 0 fully saturated rings. The van der Waals surface area contributed by atoms with Crippen molar-refractivity contribution in [3.63, 3.8) is 0 Å². The Bertz CT molecular complexity index is 1240. The Kier molecular flexibility index (Phi) is 5.57. The normalized spacial score (nSPS) is 19.7. The van der Waals surface area contributed by atoms with Gasteiger partial charge in [-0.05, 0) is 50.3 Å². The highest BCUT2D eigenvalue weighted by Gasteiger charge is 2.30. The minimum absolute atomic E-state index is 0.211. The second kappa shape index (κ2) is 8.66. The van der Waals surface area contributed by atoms with Crippen molar-refractivity contribution in [3.8, 4) is 11.1 Å². The lowest BCUT2D eigenvalue weighted by Gasteiger charge is -2.15. The van der Waals surface area contributed by atoms with Gasteiger partial charge in [0.05, 0.1) is 11.4 Å². The monoisotopic (exact) mass is 419 g/mol. The second-order valence-corrected chi connectivity index (χ2v) is 8.76. The molecule has 3 aliphatic carbocycles. The van der Waals surface area contributed by atoms with Gasteiger partial charge in [0.15, 0.2) is 0 Å². The van der Waals surface area contributed by atoms with Gasteiger partial charge in [0, 0.05) is 40.4 Å². The smallest absolute Gasteiger partial charge is 0.135 e. The van der Waals surface area contributed by atoms with Crippen molar-refractivity contribution >= 4 is 5.57 Å². The number of nitrogens with zero attached hydrogens (tertiary/aromatic N) is 3. The number of hydrogen-bond donors (Lipinski definition) is 0. The van der Waals surface area contributed by atoms with E-state index in [1.165, 1.54) is 27.8 Å². The highest BCUT2D eigenvalue weighted by atomic mass is 14.9. The molecule has 160 valence electrons. The van der Waals surface area contributed by atoms with Crippen LogP contribution in [0.5, 0.6) is 0 Å². The van der Waals surface area contributed by atoms with Gasteiger partial charge in [-0.15, -0.1) is 0 Å². The lowest BCUT2D eigenvalue weighted by atomic mass is 9.96. The van der Waals surface area contributed by atoms with Gasteiger partial charge < -0.3 is 0 Å². The van der Waals surface area contributed by atoms with Crippen LogP contribution in [-0.4, -0.2) is 15.0 Å². The molecule has 4 aliphatic rings. The van der Waals surface area contributed by atoms with Crippen molar-refractivity contribution < 1.29 is 0 Å². The van der Waals surface area contributed by atoms with E-state index in [2.05, 4.69) is 86.5 Å². The highest BCUT2D eigenvalue weighted by Crippen LogP contribution is 2.49. The van der Waals surface area contributed by atoms with Crippen LogP contribution < -0.4 is 0 Å². The number of fused-ring (bicyclic) bond motifs is 1. The third-order valence-electron chi connectivity index (χ3n) is 6.59. The Morgan fingerprint density at radius 1 is 1.09 bits per heavy atom. The zero-order chi connectivity index (χ0) is 22.1. The molecule has 0 bridgehead atoms. The summed E-state index contributed by atoms with van der Waals surface area (Å²) in [7, 11) is 0. The molecule has 2 unspecified atom stereocenters. The molecule has 1 aromatic rings. The summed E-state index contributed by atoms with van der Waals surface area (Å²) in [6.07, 6.45) is 26.8. The summed E-state index contributed by atoms with van der Waals surface area (Å²) in [6, 6.07) is 2.05. The van der Waals surface area contributed by atoms with Gasteiger partial charge in [0.1, 0.15) is 5.82 Å². The molecule has 0 N–H and O–H groups in total. The first kappa shape index (κ1) is 20.6. The van der Waals surface area contributed by atoms with Crippen LogP contribution in [0.2, 0.25) is 0 Å². The van der Waals surface area contributed by atoms with Crippen molar-refractivity contribution in [2.24, 2.45) is 0 Å². The van der Waals surface area contributed by atoms with Crippen LogP contribution in [0.3, 0.4) is 0 Å². The Labute approximate surface area is 190 Å². The van der Waals surface area contributed by atoms with E-state index in [9.17, 15) is 0 Å². The minimum atomic E-state index is 0.211. The number of pyridine rings is 1. The Balaban J connectivity index is 1.34. The molecule has 0 aromatic carbocycles. The standard InChI is InChI=1S/C29H29N3/c1-4-22(29-30-18-17-25(32-29)23-10-6-5-7-11-23)15-13-21-9-8-12-24(16-14-21)28-27-19(2)26(27)20(3)31-28/h5-8,10,12-18,22-23H,4,9,11H2,1-3H3/b15-13+. The lowest BCUT2D eigenvalue weighted by Crippen LogP contribution is -2.06. The predicted octanol–water partition coefficient (Wildman–Crippen LogP) is 7.09. The number of allylic oxidation sites excluding steroid dienone is 12. The average molecular weight is 420 g/mol. The predicted molar refractivity (Wildman–Crippen MR) is 132 cm³/mol. The molecule has 0 saturated carbocycles. The molecule has 2 atom stereocenters. The molecule has 0 spiro atoms. The van der Waals surface area contributed by atoms with Crippen LogP contribution in [0, 0.1) is 13.8 Å². The van der Waals surface area contributed by atoms with E-state index in [0.717, 1.165) is 42.2 Å². The first-order valence-electron chi connectivity index (χ1n) is 11.6. The highest BCUT2D eigenvalue weighted by molar-refractivity contribution is 6.00. The molecule has 0 radical (unpaired) electrons. The topological polar surface area (TPSA) is 38.7 Å². The van der Waals surface area contributed by atoms with E-state index < -0.39 is 0 Å². The number of aryl methyl sites for hydroxylation is 2. The molecular formula is C29H29N3. The summed E-state index contributed by atoms with van der Waals surface area (Å²) < 4.78 is 0. The van der Waals surface area contributed by atoms with E-state index in [-0.39, 0.29) is 5.92 Å². The maximum atomic E-state index is 4.92. The third-order valence-corrected chi connectivity index (χ3v) is 6.59. The maximum absolute atomic E-state index is 4.92. The van der Waals surface area contributed by atoms with Crippen LogP contribution >= 0.6 is 0 Å². The van der Waals surface area contributed by atoms with Crippen LogP contribution in [0.25, 0.3) is 16.7 Å². The van der Waals surface area contributed by atoms with Gasteiger partial charge in [0.25, 0.3) is 0 Å². The number of aromatic nitrogens is 3. The van der Waals surface area contributed by atoms with Crippen LogP contribution in [0.4, 0.5) is 0 Å². The van der Waals surface area contributed by atoms with E-state index in [1.807, 2.05) is 12.3 Å². The zero-order valence-corrected chi connectivity index (χ0v) is 19.0. The minimum Gasteiger partial charge on any atom is -0.252 e. The van der Waals surface area contributed by atoms with Crippen molar-refractivity contribution in [2.45, 2.75) is 51.9 Å². The van der Waals surface area contributed by atoms with Gasteiger partial charge in [0.2, 0.25) is 0 Å². The second-order valence-electron chi connectivity index (χ2n) is 8.76.